The molecule has 7 heteroatoms. The Labute approximate surface area is 176 Å². The maximum Gasteiger partial charge on any atom is 0.257 e. The Hall–Kier alpha value is -3.19. The van der Waals surface area contributed by atoms with Gasteiger partial charge in [0.1, 0.15) is 0 Å². The number of nitrogens with one attached hydrogen (secondary N) is 3. The predicted molar refractivity (Wildman–Crippen MR) is 117 cm³/mol. The third kappa shape index (κ3) is 5.24. The second-order valence-corrected chi connectivity index (χ2v) is 7.87. The van der Waals surface area contributed by atoms with E-state index >= 15 is 0 Å². The normalized spacial score (nSPS) is 16.8. The van der Waals surface area contributed by atoms with E-state index in [1.165, 1.54) is 0 Å². The van der Waals surface area contributed by atoms with Crippen molar-refractivity contribution in [2.45, 2.75) is 26.8 Å². The minimum Gasteiger partial charge on any atom is -0.353 e. The number of anilines is 2. The molecule has 3 N–H and O–H groups in total. The molecular weight excluding hydrogens is 380 g/mol. The summed E-state index contributed by atoms with van der Waals surface area (Å²) in [4.78, 5) is 39.6. The zero-order valence-corrected chi connectivity index (χ0v) is 17.6. The number of para-hydroxylation sites is 1. The van der Waals surface area contributed by atoms with Crippen LogP contribution in [0.15, 0.2) is 48.5 Å². The van der Waals surface area contributed by atoms with Crippen LogP contribution in [0.4, 0.5) is 11.4 Å². The number of aryl methyl sites for hydroxylation is 1. The zero-order valence-electron chi connectivity index (χ0n) is 17.6. The third-order valence-corrected chi connectivity index (χ3v) is 5.06. The van der Waals surface area contributed by atoms with Gasteiger partial charge < -0.3 is 16.0 Å². The highest BCUT2D eigenvalue weighted by molar-refractivity contribution is 6.10. The van der Waals surface area contributed by atoms with E-state index in [0.29, 0.717) is 30.0 Å². The van der Waals surface area contributed by atoms with Gasteiger partial charge >= 0.3 is 0 Å². The molecule has 1 saturated heterocycles. The van der Waals surface area contributed by atoms with Crippen molar-refractivity contribution in [2.24, 2.45) is 5.92 Å². The van der Waals surface area contributed by atoms with E-state index in [4.69, 9.17) is 0 Å². The number of nitrogens with zero attached hydrogens (tertiary/aromatic N) is 1. The van der Waals surface area contributed by atoms with Crippen LogP contribution in [0.3, 0.4) is 0 Å². The monoisotopic (exact) mass is 408 g/mol. The molecule has 1 aliphatic rings. The molecule has 2 aromatic carbocycles. The average molecular weight is 409 g/mol. The molecule has 1 aliphatic heterocycles. The number of hydrogen-bond donors (Lipinski definition) is 3. The highest BCUT2D eigenvalue weighted by atomic mass is 16.2. The molecule has 7 nitrogen and oxygen atoms in total. The van der Waals surface area contributed by atoms with Gasteiger partial charge in [0.05, 0.1) is 23.8 Å². The minimum atomic E-state index is -0.343. The smallest absolute Gasteiger partial charge is 0.257 e. The molecular formula is C23H28N4O3. The van der Waals surface area contributed by atoms with Crippen LogP contribution >= 0.6 is 0 Å². The van der Waals surface area contributed by atoms with Crippen LogP contribution in [0.25, 0.3) is 0 Å². The van der Waals surface area contributed by atoms with Gasteiger partial charge in [-0.15, -0.1) is 0 Å². The van der Waals surface area contributed by atoms with Crippen molar-refractivity contribution in [1.29, 1.82) is 0 Å². The lowest BCUT2D eigenvalue weighted by molar-refractivity contribution is -0.132. The van der Waals surface area contributed by atoms with Gasteiger partial charge in [-0.25, -0.2) is 0 Å². The van der Waals surface area contributed by atoms with Crippen LogP contribution < -0.4 is 16.0 Å². The Morgan fingerprint density at radius 3 is 2.63 bits per heavy atom. The van der Waals surface area contributed by atoms with Crippen molar-refractivity contribution in [2.75, 3.05) is 30.3 Å². The van der Waals surface area contributed by atoms with E-state index in [2.05, 4.69) is 16.0 Å². The third-order valence-electron chi connectivity index (χ3n) is 5.06. The molecule has 1 unspecified atom stereocenters. The van der Waals surface area contributed by atoms with Gasteiger partial charge in [-0.2, -0.15) is 0 Å². The van der Waals surface area contributed by atoms with E-state index in [-0.39, 0.29) is 36.2 Å². The van der Waals surface area contributed by atoms with Crippen molar-refractivity contribution >= 4 is 29.1 Å². The van der Waals surface area contributed by atoms with Crippen LogP contribution in [0.5, 0.6) is 0 Å². The first-order valence-corrected chi connectivity index (χ1v) is 10.1. The van der Waals surface area contributed by atoms with Gasteiger partial charge in [-0.1, -0.05) is 38.1 Å². The summed E-state index contributed by atoms with van der Waals surface area (Å²) in [5, 5.41) is 8.56. The summed E-state index contributed by atoms with van der Waals surface area (Å²) in [6, 6.07) is 14.1. The highest BCUT2D eigenvalue weighted by Gasteiger charge is 2.33. The summed E-state index contributed by atoms with van der Waals surface area (Å²) in [5.41, 5.74) is 2.55. The Morgan fingerprint density at radius 2 is 1.90 bits per heavy atom. The van der Waals surface area contributed by atoms with Crippen LogP contribution in [0.1, 0.15) is 29.8 Å². The number of piperazine rings is 1. The summed E-state index contributed by atoms with van der Waals surface area (Å²) >= 11 is 0. The lowest BCUT2D eigenvalue weighted by atomic mass is 9.99. The Balaban J connectivity index is 1.70. The number of amides is 3. The molecule has 158 valence electrons. The molecule has 2 aromatic rings. The second kappa shape index (κ2) is 9.54. The van der Waals surface area contributed by atoms with Crippen molar-refractivity contribution < 1.29 is 14.4 Å². The first kappa shape index (κ1) is 21.5. The van der Waals surface area contributed by atoms with Gasteiger partial charge in [0.2, 0.25) is 11.8 Å². The Kier molecular flexibility index (Phi) is 6.84. The summed E-state index contributed by atoms with van der Waals surface area (Å²) in [5.74, 6) is -0.521. The van der Waals surface area contributed by atoms with Crippen LogP contribution in [-0.2, 0) is 9.59 Å². The topological polar surface area (TPSA) is 90.5 Å². The van der Waals surface area contributed by atoms with E-state index in [1.54, 1.807) is 24.3 Å². The second-order valence-electron chi connectivity index (χ2n) is 7.87. The number of hydrogen-bond acceptors (Lipinski definition) is 4. The number of benzene rings is 2. The molecule has 1 atom stereocenters. The minimum absolute atomic E-state index is 0.0537. The first-order valence-electron chi connectivity index (χ1n) is 10.1. The SMILES string of the molecule is Cc1cccc(NC(=O)c2ccccc2NC(=O)CN2CCNC(=O)C2C(C)C)c1. The lowest BCUT2D eigenvalue weighted by Crippen LogP contribution is -2.58. The first-order chi connectivity index (χ1) is 14.3. The van der Waals surface area contributed by atoms with E-state index < -0.39 is 0 Å². The summed E-state index contributed by atoms with van der Waals surface area (Å²) in [6.45, 7) is 7.10. The van der Waals surface area contributed by atoms with Gasteiger partial charge in [0.25, 0.3) is 5.91 Å². The summed E-state index contributed by atoms with van der Waals surface area (Å²) < 4.78 is 0. The van der Waals surface area contributed by atoms with Gasteiger partial charge in [0, 0.05) is 18.8 Å². The van der Waals surface area contributed by atoms with Crippen LogP contribution in [0, 0.1) is 12.8 Å². The molecule has 0 spiro atoms. The molecule has 0 radical (unpaired) electrons. The van der Waals surface area contributed by atoms with E-state index in [0.717, 1.165) is 5.56 Å². The number of rotatable bonds is 6. The predicted octanol–water partition coefficient (Wildman–Crippen LogP) is 2.64. The standard InChI is InChI=1S/C23H28N4O3/c1-15(2)21-23(30)24-11-12-27(21)14-20(28)26-19-10-5-4-9-18(19)22(29)25-17-8-6-7-16(3)13-17/h4-10,13,15,21H,11-12,14H2,1-3H3,(H,24,30)(H,25,29)(H,26,28). The molecule has 1 fully saturated rings. The van der Waals surface area contributed by atoms with Gasteiger partial charge in [-0.05, 0) is 42.7 Å². The molecule has 0 saturated carbocycles. The molecule has 3 amide bonds. The average Bonchev–Trinajstić information content (AvgIpc) is 2.68. The molecule has 0 aromatic heterocycles. The fourth-order valence-electron chi connectivity index (χ4n) is 3.72. The van der Waals surface area contributed by atoms with Gasteiger partial charge in [-0.3, -0.25) is 19.3 Å². The lowest BCUT2D eigenvalue weighted by Gasteiger charge is -2.36. The Morgan fingerprint density at radius 1 is 1.13 bits per heavy atom. The van der Waals surface area contributed by atoms with Crippen molar-refractivity contribution in [1.82, 2.24) is 10.2 Å². The molecule has 30 heavy (non-hydrogen) atoms. The largest absolute Gasteiger partial charge is 0.353 e. The van der Waals surface area contributed by atoms with Crippen molar-refractivity contribution in [3.05, 3.63) is 59.7 Å². The van der Waals surface area contributed by atoms with E-state index in [9.17, 15) is 14.4 Å². The molecule has 1 heterocycles. The van der Waals surface area contributed by atoms with Crippen molar-refractivity contribution in [3.8, 4) is 0 Å². The van der Waals surface area contributed by atoms with E-state index in [1.807, 2.05) is 49.9 Å². The van der Waals surface area contributed by atoms with Gasteiger partial charge in [0.15, 0.2) is 0 Å². The van der Waals surface area contributed by atoms with Crippen LogP contribution in [0.2, 0.25) is 0 Å². The fraction of sp³-hybridized carbons (Fsp3) is 0.348. The van der Waals surface area contributed by atoms with Crippen LogP contribution in [-0.4, -0.2) is 48.3 Å². The molecule has 0 bridgehead atoms. The summed E-state index contributed by atoms with van der Waals surface area (Å²) in [6.07, 6.45) is 0. The summed E-state index contributed by atoms with van der Waals surface area (Å²) in [7, 11) is 0. The zero-order chi connectivity index (χ0) is 21.7. The van der Waals surface area contributed by atoms with Crippen molar-refractivity contribution in [3.63, 3.8) is 0 Å². The fourth-order valence-corrected chi connectivity index (χ4v) is 3.72. The highest BCUT2D eigenvalue weighted by Crippen LogP contribution is 2.19. The number of carbonyl (C=O) groups excluding carboxylic acids is 3. The number of carbonyl (C=O) groups is 3. The maximum atomic E-state index is 12.8. The quantitative estimate of drug-likeness (QED) is 0.685. The maximum absolute atomic E-state index is 12.8. The molecule has 3 rings (SSSR count). The molecule has 0 aliphatic carbocycles. The Bertz CT molecular complexity index is 942.